The Balaban J connectivity index is 0.000000181. The third-order valence-electron chi connectivity index (χ3n) is 9.16. The van der Waals surface area contributed by atoms with Crippen LogP contribution in [0.2, 0.25) is 0 Å². The number of hydrogen-bond acceptors (Lipinski definition) is 0. The monoisotopic (exact) mass is 854 g/mol. The van der Waals surface area contributed by atoms with Gasteiger partial charge in [-0.15, -0.1) is 93.9 Å². The van der Waals surface area contributed by atoms with Crippen molar-refractivity contribution in [1.29, 1.82) is 0 Å². The Hall–Kier alpha value is -4.82. The van der Waals surface area contributed by atoms with E-state index in [1.54, 1.807) is 0 Å². The van der Waals surface area contributed by atoms with E-state index >= 15 is 0 Å². The van der Waals surface area contributed by atoms with E-state index in [0.717, 1.165) is 0 Å². The first-order chi connectivity index (χ1) is 26.7. The van der Waals surface area contributed by atoms with Crippen molar-refractivity contribution in [2.75, 3.05) is 0 Å². The molecule has 10 aromatic carbocycles. The van der Waals surface area contributed by atoms with Crippen LogP contribution in [0.25, 0.3) is 65.3 Å². The minimum Gasteiger partial charge on any atom is -0.184 e. The Morgan fingerprint density at radius 1 is 0.375 bits per heavy atom. The van der Waals surface area contributed by atoms with Gasteiger partial charge in [-0.05, 0) is 32.7 Å². The summed E-state index contributed by atoms with van der Waals surface area (Å²) in [5, 5.41) is 10.6. The van der Waals surface area contributed by atoms with E-state index in [0.29, 0.717) is 0 Å². The zero-order valence-electron chi connectivity index (χ0n) is 31.4. The van der Waals surface area contributed by atoms with Crippen LogP contribution in [0.1, 0.15) is 11.1 Å². The van der Waals surface area contributed by atoms with Gasteiger partial charge in [-0.25, -0.2) is 0 Å². The molecule has 2 radical (unpaired) electrons. The van der Waals surface area contributed by atoms with E-state index in [4.69, 9.17) is 0 Å². The van der Waals surface area contributed by atoms with Crippen LogP contribution in [0, 0.1) is 26.0 Å². The number of hydrogen-bond donors (Lipinski definition) is 0. The molecule has 0 unspecified atom stereocenters. The molecule has 0 aromatic heterocycles. The minimum absolute atomic E-state index is 0. The molecular weight excluding hydrogens is 815 g/mol. The van der Waals surface area contributed by atoms with Gasteiger partial charge in [0.15, 0.2) is 0 Å². The molecule has 0 spiro atoms. The van der Waals surface area contributed by atoms with Gasteiger partial charge in [0.25, 0.3) is 0 Å². The smallest absolute Gasteiger partial charge is 0.171 e. The molecule has 0 aliphatic heterocycles. The summed E-state index contributed by atoms with van der Waals surface area (Å²) in [7, 11) is 0. The van der Waals surface area contributed by atoms with Gasteiger partial charge in [0, 0.05) is 0 Å². The predicted molar refractivity (Wildman–Crippen MR) is 245 cm³/mol. The molecule has 10 aromatic rings. The second-order valence-electron chi connectivity index (χ2n) is 12.9. The van der Waals surface area contributed by atoms with Crippen molar-refractivity contribution in [1.82, 2.24) is 0 Å². The van der Waals surface area contributed by atoms with Crippen molar-refractivity contribution < 1.29 is 23.3 Å². The van der Waals surface area contributed by atoms with Gasteiger partial charge in [-0.2, -0.15) is 84.9 Å². The quantitative estimate of drug-likeness (QED) is 0.120. The fourth-order valence-electron chi connectivity index (χ4n) is 6.84. The summed E-state index contributed by atoms with van der Waals surface area (Å²) in [5.41, 5.74) is 7.94. The molecule has 0 aliphatic rings. The Labute approximate surface area is 361 Å². The molecule has 0 atom stereocenters. The zero-order valence-corrected chi connectivity index (χ0v) is 36.5. The molecule has 0 heterocycles. The maximum atomic E-state index is 3.06. The van der Waals surface area contributed by atoms with Crippen LogP contribution in [0.15, 0.2) is 206 Å². The van der Waals surface area contributed by atoms with Gasteiger partial charge in [0.05, 0.1) is 0 Å². The second-order valence-corrected chi connectivity index (χ2v) is 12.9. The Bertz CT molecular complexity index is 2430. The van der Waals surface area contributed by atoms with Crippen molar-refractivity contribution in [2.45, 2.75) is 13.8 Å². The minimum atomic E-state index is 0. The fourth-order valence-corrected chi connectivity index (χ4v) is 6.84. The molecule has 0 bridgehead atoms. The van der Waals surface area contributed by atoms with Crippen LogP contribution in [-0.4, -0.2) is 6.88 Å². The normalized spacial score (nSPS) is 9.80. The molecule has 276 valence electrons. The third-order valence-corrected chi connectivity index (χ3v) is 9.16. The maximum Gasteiger partial charge on any atom is -0.171 e. The largest absolute Gasteiger partial charge is 0.184 e. The van der Waals surface area contributed by atoms with Gasteiger partial charge < -0.3 is 0 Å². The van der Waals surface area contributed by atoms with Crippen molar-refractivity contribution in [2.24, 2.45) is 0 Å². The number of benzene rings is 8. The summed E-state index contributed by atoms with van der Waals surface area (Å²) in [4.78, 5) is 0. The molecule has 0 fully saturated rings. The van der Waals surface area contributed by atoms with Crippen molar-refractivity contribution in [3.63, 3.8) is 0 Å². The summed E-state index contributed by atoms with van der Waals surface area (Å²) in [6.45, 7) is 7.38. The summed E-state index contributed by atoms with van der Waals surface area (Å²) in [6.07, 6.45) is 0. The van der Waals surface area contributed by atoms with E-state index in [1.807, 2.05) is 60.7 Å². The van der Waals surface area contributed by atoms with Crippen LogP contribution in [0.5, 0.6) is 0 Å². The molecule has 0 amide bonds. The van der Waals surface area contributed by atoms with Crippen LogP contribution in [0.4, 0.5) is 0 Å². The Morgan fingerprint density at radius 3 is 1.04 bits per heavy atom. The van der Waals surface area contributed by atoms with Crippen LogP contribution in [0.3, 0.4) is 0 Å². The summed E-state index contributed by atoms with van der Waals surface area (Å²) in [5.74, 6) is 0. The van der Waals surface area contributed by atoms with Crippen LogP contribution in [-0.2, 0) is 23.3 Å². The van der Waals surface area contributed by atoms with Gasteiger partial charge in [0.2, 0.25) is 0 Å². The SMILES string of the molecule is Cc1cc2c(-c3cccc4ccccc34)cccc2[cH-]1.Cc1cc2c(-c3cccc4ccccc34)cccc2[cH-]1.Cl.Cl.[Si]=[Zr].[c-]1ccccc1.[c-]1ccccc1. The van der Waals surface area contributed by atoms with Crippen LogP contribution >= 0.6 is 24.8 Å². The van der Waals surface area contributed by atoms with Gasteiger partial charge in [0.1, 0.15) is 0 Å². The third kappa shape index (κ3) is 11.2. The number of fused-ring (bicyclic) bond motifs is 4. The molecule has 4 heteroatoms. The maximum absolute atomic E-state index is 3.06. The van der Waals surface area contributed by atoms with Crippen LogP contribution < -0.4 is 0 Å². The standard InChI is InChI=1S/2C20H15.2C6H5.2ClH.Si.Zr/c2*1-14-12-16-8-5-11-19(20(16)13-14)18-10-4-7-15-6-2-3-9-17(15)18;2*1-2-4-6-5-3-1;;;;/h2*2-13H,1H3;2*1-5H;2*1H;;/q4*-1;;;;. The zero-order chi connectivity index (χ0) is 37.5. The molecule has 0 saturated carbocycles. The molecule has 10 rings (SSSR count). The molecule has 0 saturated heterocycles. The average molecular weight is 857 g/mol. The Kier molecular flexibility index (Phi) is 17.8. The first-order valence-corrected chi connectivity index (χ1v) is 22.2. The van der Waals surface area contributed by atoms with E-state index in [-0.39, 0.29) is 24.8 Å². The predicted octanol–water partition coefficient (Wildman–Crippen LogP) is 14.8. The van der Waals surface area contributed by atoms with E-state index < -0.39 is 0 Å². The molecule has 0 aliphatic carbocycles. The average Bonchev–Trinajstić information content (AvgIpc) is 3.84. The van der Waals surface area contributed by atoms with Gasteiger partial charge in [-0.3, -0.25) is 0 Å². The fraction of sp³-hybridized carbons (Fsp3) is 0.0385. The molecule has 0 N–H and O–H groups in total. The van der Waals surface area contributed by atoms with Crippen molar-refractivity contribution >= 4 is 74.8 Å². The number of rotatable bonds is 2. The van der Waals surface area contributed by atoms with E-state index in [2.05, 4.69) is 178 Å². The van der Waals surface area contributed by atoms with Gasteiger partial charge >= 0.3 is 30.2 Å². The first kappa shape index (κ1) is 43.9. The summed E-state index contributed by atoms with van der Waals surface area (Å²) >= 11 is 1.36. The number of halogens is 2. The summed E-state index contributed by atoms with van der Waals surface area (Å²) in [6, 6.07) is 77.5. The molecule has 0 nitrogen and oxygen atoms in total. The van der Waals surface area contributed by atoms with Crippen molar-refractivity contribution in [3.8, 4) is 22.3 Å². The number of aryl methyl sites for hydroxylation is 2. The van der Waals surface area contributed by atoms with E-state index in [9.17, 15) is 0 Å². The van der Waals surface area contributed by atoms with Crippen molar-refractivity contribution in [3.05, 3.63) is 230 Å². The second kappa shape index (κ2) is 22.7. The first-order valence-electron chi connectivity index (χ1n) is 18.0. The molecular formula is C52H42Cl2SiZr-4. The molecule has 56 heavy (non-hydrogen) atoms. The topological polar surface area (TPSA) is 0 Å². The van der Waals surface area contributed by atoms with E-state index in [1.165, 1.54) is 99.8 Å². The summed E-state index contributed by atoms with van der Waals surface area (Å²) < 4.78 is 0. The van der Waals surface area contributed by atoms with Gasteiger partial charge in [-0.1, -0.05) is 122 Å². The Morgan fingerprint density at radius 2 is 0.696 bits per heavy atom.